The fraction of sp³-hybridized carbons (Fsp3) is 0.857. The van der Waals surface area contributed by atoms with Crippen molar-refractivity contribution in [3.05, 3.63) is 0 Å². The van der Waals surface area contributed by atoms with Crippen molar-refractivity contribution in [1.29, 1.82) is 0 Å². The Morgan fingerprint density at radius 3 is 2.50 bits per heavy atom. The molecule has 1 aliphatic rings. The van der Waals surface area contributed by atoms with Gasteiger partial charge in [0.25, 0.3) is 0 Å². The standard InChI is InChI=1S/C14H27BSi/c1-14-10-7-5-6-8-11-15(14)12-9-13-16(2,3)4/h14H,5-8,10-12H2,1-4H3. The highest BCUT2D eigenvalue weighted by Gasteiger charge is 2.21. The molecule has 0 bridgehead atoms. The minimum absolute atomic E-state index is 0.879. The molecule has 16 heavy (non-hydrogen) atoms. The fourth-order valence-electron chi connectivity index (χ4n) is 2.50. The molecular formula is C14H27BSi. The molecule has 0 saturated carbocycles. The van der Waals surface area contributed by atoms with Gasteiger partial charge in [0, 0.05) is 0 Å². The van der Waals surface area contributed by atoms with E-state index < -0.39 is 8.07 Å². The van der Waals surface area contributed by atoms with Gasteiger partial charge in [0.2, 0.25) is 0 Å². The van der Waals surface area contributed by atoms with E-state index >= 15 is 0 Å². The average molecular weight is 234 g/mol. The quantitative estimate of drug-likeness (QED) is 0.455. The van der Waals surface area contributed by atoms with Gasteiger partial charge < -0.3 is 0 Å². The van der Waals surface area contributed by atoms with E-state index in [1.54, 1.807) is 0 Å². The first kappa shape index (κ1) is 13.9. The van der Waals surface area contributed by atoms with Gasteiger partial charge in [-0.2, -0.15) is 0 Å². The van der Waals surface area contributed by atoms with Crippen LogP contribution in [0, 0.1) is 11.5 Å². The third kappa shape index (κ3) is 5.80. The molecule has 0 radical (unpaired) electrons. The van der Waals surface area contributed by atoms with E-state index in [0.29, 0.717) is 0 Å². The number of hydrogen-bond donors (Lipinski definition) is 0. The Bertz CT molecular complexity index is 256. The van der Waals surface area contributed by atoms with Crippen molar-refractivity contribution in [3.8, 4) is 11.5 Å². The summed E-state index contributed by atoms with van der Waals surface area (Å²) in [6.45, 7) is 10.3. The first-order valence-electron chi connectivity index (χ1n) is 6.99. The SMILES string of the molecule is CC1CCCCCCB1CC#C[Si](C)(C)C. The Kier molecular flexibility index (Phi) is 5.69. The molecule has 1 aliphatic heterocycles. The lowest BCUT2D eigenvalue weighted by Gasteiger charge is -2.22. The van der Waals surface area contributed by atoms with Crippen LogP contribution in [0.5, 0.6) is 0 Å². The van der Waals surface area contributed by atoms with Crippen LogP contribution in [-0.2, 0) is 0 Å². The minimum atomic E-state index is -1.15. The van der Waals surface area contributed by atoms with Crippen LogP contribution in [0.15, 0.2) is 0 Å². The fourth-order valence-corrected chi connectivity index (χ4v) is 3.13. The summed E-state index contributed by atoms with van der Waals surface area (Å²) >= 11 is 0. The van der Waals surface area contributed by atoms with Gasteiger partial charge in [-0.3, -0.25) is 0 Å². The summed E-state index contributed by atoms with van der Waals surface area (Å²) in [4.78, 5) is 0. The zero-order valence-electron chi connectivity index (χ0n) is 11.6. The lowest BCUT2D eigenvalue weighted by molar-refractivity contribution is 0.596. The molecule has 2 heteroatoms. The predicted octanol–water partition coefficient (Wildman–Crippen LogP) is 4.72. The Balaban J connectivity index is 2.45. The van der Waals surface area contributed by atoms with Gasteiger partial charge in [0.05, 0.1) is 0 Å². The maximum atomic E-state index is 3.51. The molecule has 1 rings (SSSR count). The van der Waals surface area contributed by atoms with E-state index in [1.165, 1.54) is 38.4 Å². The van der Waals surface area contributed by atoms with Crippen LogP contribution in [0.1, 0.15) is 39.0 Å². The van der Waals surface area contributed by atoms with Gasteiger partial charge >= 0.3 is 0 Å². The zero-order chi connectivity index (χ0) is 12.0. The lowest BCUT2D eigenvalue weighted by atomic mass is 9.36. The minimum Gasteiger partial charge on any atom is -0.133 e. The normalized spacial score (nSPS) is 23.0. The van der Waals surface area contributed by atoms with E-state index in [9.17, 15) is 0 Å². The molecule has 1 fully saturated rings. The molecule has 0 amide bonds. The van der Waals surface area contributed by atoms with Crippen LogP contribution in [0.2, 0.25) is 38.1 Å². The van der Waals surface area contributed by atoms with Gasteiger partial charge in [-0.15, -0.1) is 11.5 Å². The van der Waals surface area contributed by atoms with Gasteiger partial charge in [-0.05, 0) is 6.32 Å². The maximum Gasteiger partial charge on any atom is 0.156 e. The van der Waals surface area contributed by atoms with E-state index in [2.05, 4.69) is 38.0 Å². The van der Waals surface area contributed by atoms with Crippen LogP contribution in [0.25, 0.3) is 0 Å². The van der Waals surface area contributed by atoms with Crippen molar-refractivity contribution >= 4 is 14.8 Å². The van der Waals surface area contributed by atoms with Crippen molar-refractivity contribution in [1.82, 2.24) is 0 Å². The maximum absolute atomic E-state index is 3.51. The molecule has 1 saturated heterocycles. The predicted molar refractivity (Wildman–Crippen MR) is 79.0 cm³/mol. The molecule has 1 unspecified atom stereocenters. The monoisotopic (exact) mass is 234 g/mol. The van der Waals surface area contributed by atoms with Gasteiger partial charge in [-0.25, -0.2) is 0 Å². The Morgan fingerprint density at radius 1 is 1.12 bits per heavy atom. The molecule has 90 valence electrons. The average Bonchev–Trinajstić information content (AvgIpc) is 2.15. The van der Waals surface area contributed by atoms with Gasteiger partial charge in [-0.1, -0.05) is 70.8 Å². The largest absolute Gasteiger partial charge is 0.156 e. The number of hydrogen-bond acceptors (Lipinski definition) is 0. The van der Waals surface area contributed by atoms with E-state index in [1.807, 2.05) is 0 Å². The Labute approximate surface area is 104 Å². The van der Waals surface area contributed by atoms with Crippen molar-refractivity contribution < 1.29 is 0 Å². The first-order valence-corrected chi connectivity index (χ1v) is 10.5. The molecule has 0 aliphatic carbocycles. The summed E-state index contributed by atoms with van der Waals surface area (Å²) < 4.78 is 0. The molecule has 0 nitrogen and oxygen atoms in total. The molecule has 0 aromatic heterocycles. The molecule has 0 spiro atoms. The smallest absolute Gasteiger partial charge is 0.133 e. The summed E-state index contributed by atoms with van der Waals surface area (Å²) in [6, 6.07) is 0. The Hall–Kier alpha value is -0.158. The van der Waals surface area contributed by atoms with Crippen molar-refractivity contribution in [2.75, 3.05) is 0 Å². The lowest BCUT2D eigenvalue weighted by Crippen LogP contribution is -2.20. The van der Waals surface area contributed by atoms with E-state index in [4.69, 9.17) is 0 Å². The van der Waals surface area contributed by atoms with Crippen LogP contribution in [0.3, 0.4) is 0 Å². The second-order valence-corrected chi connectivity index (χ2v) is 11.2. The summed E-state index contributed by atoms with van der Waals surface area (Å²) in [5.41, 5.74) is 3.51. The highest BCUT2D eigenvalue weighted by atomic mass is 28.3. The van der Waals surface area contributed by atoms with Crippen LogP contribution in [0.4, 0.5) is 0 Å². The molecule has 0 aromatic rings. The summed E-state index contributed by atoms with van der Waals surface area (Å²) in [7, 11) is -1.15. The van der Waals surface area contributed by atoms with Crippen molar-refractivity contribution in [2.45, 2.75) is 77.1 Å². The molecule has 1 heterocycles. The van der Waals surface area contributed by atoms with Gasteiger partial charge in [0.1, 0.15) is 8.07 Å². The van der Waals surface area contributed by atoms with Gasteiger partial charge in [0.15, 0.2) is 6.71 Å². The molecular weight excluding hydrogens is 207 g/mol. The molecule has 1 atom stereocenters. The Morgan fingerprint density at radius 2 is 1.81 bits per heavy atom. The topological polar surface area (TPSA) is 0 Å². The number of rotatable bonds is 1. The third-order valence-corrected chi connectivity index (χ3v) is 4.54. The first-order chi connectivity index (χ1) is 7.49. The second kappa shape index (κ2) is 6.55. The zero-order valence-corrected chi connectivity index (χ0v) is 12.6. The molecule has 0 N–H and O–H groups in total. The highest BCUT2D eigenvalue weighted by molar-refractivity contribution is 6.84. The van der Waals surface area contributed by atoms with E-state index in [0.717, 1.165) is 18.9 Å². The van der Waals surface area contributed by atoms with Crippen LogP contribution >= 0.6 is 0 Å². The van der Waals surface area contributed by atoms with Crippen molar-refractivity contribution in [3.63, 3.8) is 0 Å². The highest BCUT2D eigenvalue weighted by Crippen LogP contribution is 2.28. The summed E-state index contributed by atoms with van der Waals surface area (Å²) in [6.07, 6.45) is 9.79. The second-order valence-electron chi connectivity index (χ2n) is 6.48. The molecule has 0 aromatic carbocycles. The van der Waals surface area contributed by atoms with Crippen molar-refractivity contribution in [2.24, 2.45) is 0 Å². The summed E-state index contributed by atoms with van der Waals surface area (Å²) in [5.74, 6) is 4.38. The van der Waals surface area contributed by atoms with E-state index in [-0.39, 0.29) is 0 Å². The van der Waals surface area contributed by atoms with Crippen LogP contribution in [-0.4, -0.2) is 14.8 Å². The van der Waals surface area contributed by atoms with Crippen LogP contribution < -0.4 is 0 Å². The summed E-state index contributed by atoms with van der Waals surface area (Å²) in [5, 5.41) is 0. The third-order valence-electron chi connectivity index (χ3n) is 3.62.